The van der Waals surface area contributed by atoms with E-state index < -0.39 is 41.5 Å². The van der Waals surface area contributed by atoms with Gasteiger partial charge in [-0.3, -0.25) is 24.0 Å². The van der Waals surface area contributed by atoms with Gasteiger partial charge in [-0.15, -0.1) is 0 Å². The predicted octanol–water partition coefficient (Wildman–Crippen LogP) is 4.78. The Hall–Kier alpha value is -5.42. The van der Waals surface area contributed by atoms with E-state index in [1.165, 1.54) is 11.9 Å². The second-order valence-electron chi connectivity index (χ2n) is 15.8. The molecule has 1 aliphatic heterocycles. The summed E-state index contributed by atoms with van der Waals surface area (Å²) >= 11 is 0. The SMILES string of the molecule is Cc1cc(CC(C)C)ccc1C(=O)C[C@@H](CCN)C(=O)N(C)[C@@H]1C(=O)C[C@@H](C)C(=O)N[C@H](C(=O)CCC#N)Cc2ccc(OCCN)c(c2)-c2cc1ccc2OCCN. The molecule has 1 aliphatic rings. The molecule has 0 saturated heterocycles. The minimum absolute atomic E-state index is 0.0199. The summed E-state index contributed by atoms with van der Waals surface area (Å²) in [5.41, 5.74) is 22.4. The smallest absolute Gasteiger partial charge is 0.226 e. The van der Waals surface area contributed by atoms with Crippen molar-refractivity contribution in [3.8, 4) is 28.7 Å². The first-order valence-corrected chi connectivity index (χ1v) is 20.5. The number of carbonyl (C=O) groups excluding carboxylic acids is 5. The van der Waals surface area contributed by atoms with Crippen molar-refractivity contribution >= 4 is 29.2 Å². The van der Waals surface area contributed by atoms with E-state index in [0.29, 0.717) is 45.2 Å². The van der Waals surface area contributed by atoms with Gasteiger partial charge in [-0.25, -0.2) is 0 Å². The number of nitrogens with zero attached hydrogens (tertiary/aromatic N) is 2. The van der Waals surface area contributed by atoms with Crippen LogP contribution in [0.2, 0.25) is 0 Å². The van der Waals surface area contributed by atoms with Crippen LogP contribution in [-0.4, -0.2) is 80.0 Å². The number of ether oxygens (including phenoxy) is 2. The van der Waals surface area contributed by atoms with E-state index in [2.05, 4.69) is 19.2 Å². The first-order chi connectivity index (χ1) is 28.2. The molecule has 0 saturated carbocycles. The molecule has 59 heavy (non-hydrogen) atoms. The number of nitriles is 1. The van der Waals surface area contributed by atoms with Gasteiger partial charge in [0.05, 0.1) is 12.1 Å². The van der Waals surface area contributed by atoms with E-state index in [9.17, 15) is 29.2 Å². The van der Waals surface area contributed by atoms with Crippen LogP contribution in [0.25, 0.3) is 11.1 Å². The van der Waals surface area contributed by atoms with Crippen molar-refractivity contribution in [2.45, 2.75) is 84.7 Å². The molecule has 0 fully saturated rings. The molecule has 13 heteroatoms. The zero-order chi connectivity index (χ0) is 43.2. The van der Waals surface area contributed by atoms with Crippen molar-refractivity contribution < 1.29 is 33.4 Å². The minimum atomic E-state index is -1.19. The quantitative estimate of drug-likeness (QED) is 0.128. The molecule has 1 heterocycles. The van der Waals surface area contributed by atoms with Crippen molar-refractivity contribution in [2.75, 3.05) is 39.9 Å². The number of nitrogens with one attached hydrogen (secondary N) is 1. The third-order valence-corrected chi connectivity index (χ3v) is 10.6. The molecule has 7 N–H and O–H groups in total. The van der Waals surface area contributed by atoms with Crippen molar-refractivity contribution in [1.29, 1.82) is 5.26 Å². The van der Waals surface area contributed by atoms with Crippen molar-refractivity contribution in [2.24, 2.45) is 35.0 Å². The first kappa shape index (κ1) is 46.3. The van der Waals surface area contributed by atoms with Gasteiger partial charge in [0.2, 0.25) is 11.8 Å². The highest BCUT2D eigenvalue weighted by atomic mass is 16.5. The number of likely N-dealkylation sites (N-methyl/N-ethyl adjacent to an activating group) is 1. The Morgan fingerprint density at radius 2 is 1.58 bits per heavy atom. The average molecular weight is 809 g/mol. The number of fused-ring (bicyclic) bond motifs is 5. The number of aryl methyl sites for hydroxylation is 1. The topological polar surface area (TPSA) is 221 Å². The van der Waals surface area contributed by atoms with Gasteiger partial charge in [-0.2, -0.15) is 5.26 Å². The number of carbonyl (C=O) groups is 5. The number of hydrogen-bond donors (Lipinski definition) is 4. The van der Waals surface area contributed by atoms with Gasteiger partial charge in [0, 0.05) is 74.3 Å². The van der Waals surface area contributed by atoms with Gasteiger partial charge in [0.25, 0.3) is 0 Å². The zero-order valence-electron chi connectivity index (χ0n) is 35.1. The molecule has 2 amide bonds. The molecule has 4 rings (SSSR count). The van der Waals surface area contributed by atoms with Crippen LogP contribution in [0.1, 0.15) is 91.5 Å². The Morgan fingerprint density at radius 1 is 0.915 bits per heavy atom. The van der Waals surface area contributed by atoms with E-state index in [0.717, 1.165) is 17.5 Å². The molecular formula is C46H60N6O7. The fourth-order valence-corrected chi connectivity index (χ4v) is 7.61. The molecule has 0 aliphatic carbocycles. The molecule has 13 nitrogen and oxygen atoms in total. The molecule has 3 aromatic rings. The summed E-state index contributed by atoms with van der Waals surface area (Å²) in [5.74, 6) is -2.31. The number of rotatable bonds is 18. The van der Waals surface area contributed by atoms with Crippen LogP contribution in [0.5, 0.6) is 11.5 Å². The molecule has 0 radical (unpaired) electrons. The number of benzene rings is 3. The maximum Gasteiger partial charge on any atom is 0.226 e. The third kappa shape index (κ3) is 12.3. The monoisotopic (exact) mass is 808 g/mol. The van der Waals surface area contributed by atoms with Gasteiger partial charge in [0.15, 0.2) is 17.3 Å². The summed E-state index contributed by atoms with van der Waals surface area (Å²) < 4.78 is 12.2. The number of hydrogen-bond acceptors (Lipinski definition) is 11. The minimum Gasteiger partial charge on any atom is -0.492 e. The Bertz CT molecular complexity index is 2020. The highest BCUT2D eigenvalue weighted by molar-refractivity contribution is 6.01. The lowest BCUT2D eigenvalue weighted by molar-refractivity contribution is -0.142. The van der Waals surface area contributed by atoms with Gasteiger partial charge in [-0.1, -0.05) is 51.1 Å². The van der Waals surface area contributed by atoms with Crippen LogP contribution in [-0.2, 0) is 32.0 Å². The van der Waals surface area contributed by atoms with Crippen molar-refractivity contribution in [1.82, 2.24) is 10.2 Å². The molecule has 4 atom stereocenters. The first-order valence-electron chi connectivity index (χ1n) is 20.5. The average Bonchev–Trinajstić information content (AvgIpc) is 3.20. The third-order valence-electron chi connectivity index (χ3n) is 10.6. The molecule has 3 aromatic carbocycles. The second kappa shape index (κ2) is 22.1. The molecule has 0 aromatic heterocycles. The lowest BCUT2D eigenvalue weighted by atomic mass is 9.87. The van der Waals surface area contributed by atoms with Crippen LogP contribution in [0.15, 0.2) is 54.6 Å². The number of nitrogens with two attached hydrogens (primary N) is 3. The molecular weight excluding hydrogens is 749 g/mol. The van der Waals surface area contributed by atoms with Crippen LogP contribution in [0.4, 0.5) is 0 Å². The second-order valence-corrected chi connectivity index (χ2v) is 15.8. The van der Waals surface area contributed by atoms with E-state index in [4.69, 9.17) is 26.7 Å². The Balaban J connectivity index is 1.85. The fraction of sp³-hybridized carbons (Fsp3) is 0.478. The van der Waals surface area contributed by atoms with Crippen LogP contribution in [0.3, 0.4) is 0 Å². The molecule has 316 valence electrons. The largest absolute Gasteiger partial charge is 0.492 e. The summed E-state index contributed by atoms with van der Waals surface area (Å²) in [7, 11) is 1.53. The lowest BCUT2D eigenvalue weighted by Gasteiger charge is -2.32. The normalized spacial score (nSPS) is 17.3. The summed E-state index contributed by atoms with van der Waals surface area (Å²) in [4.78, 5) is 71.5. The maximum atomic E-state index is 14.6. The predicted molar refractivity (Wildman–Crippen MR) is 227 cm³/mol. The molecule has 4 bridgehead atoms. The van der Waals surface area contributed by atoms with Crippen molar-refractivity contribution in [3.05, 3.63) is 82.4 Å². The van der Waals surface area contributed by atoms with Crippen LogP contribution >= 0.6 is 0 Å². The number of amides is 2. The zero-order valence-corrected chi connectivity index (χ0v) is 35.1. The maximum absolute atomic E-state index is 14.6. The van der Waals surface area contributed by atoms with Gasteiger partial charge >= 0.3 is 0 Å². The fourth-order valence-electron chi connectivity index (χ4n) is 7.61. The molecule has 0 unspecified atom stereocenters. The van der Waals surface area contributed by atoms with E-state index in [-0.39, 0.29) is 82.9 Å². The summed E-state index contributed by atoms with van der Waals surface area (Å²) in [6.07, 6.45) is 0.718. The lowest BCUT2D eigenvalue weighted by Crippen LogP contribution is -2.46. The molecule has 0 spiro atoms. The van der Waals surface area contributed by atoms with E-state index in [1.54, 1.807) is 37.3 Å². The van der Waals surface area contributed by atoms with Crippen LogP contribution < -0.4 is 32.0 Å². The van der Waals surface area contributed by atoms with Crippen LogP contribution in [0, 0.1) is 36.0 Å². The summed E-state index contributed by atoms with van der Waals surface area (Å²) in [6.45, 7) is 8.71. The summed E-state index contributed by atoms with van der Waals surface area (Å²) in [5, 5.41) is 12.0. The highest BCUT2D eigenvalue weighted by Gasteiger charge is 2.36. The Labute approximate surface area is 348 Å². The highest BCUT2D eigenvalue weighted by Crippen LogP contribution is 2.41. The van der Waals surface area contributed by atoms with Gasteiger partial charge in [0.1, 0.15) is 30.8 Å². The number of ketones is 3. The van der Waals surface area contributed by atoms with Gasteiger partial charge in [-0.05, 0) is 85.2 Å². The van der Waals surface area contributed by atoms with Crippen molar-refractivity contribution in [3.63, 3.8) is 0 Å². The van der Waals surface area contributed by atoms with E-state index >= 15 is 0 Å². The number of Topliss-reactive ketones (excluding diaryl/α,β-unsaturated/α-hetero) is 3. The van der Waals surface area contributed by atoms with E-state index in [1.807, 2.05) is 37.3 Å². The summed E-state index contributed by atoms with van der Waals surface area (Å²) in [6, 6.07) is 16.1. The Kier molecular flexibility index (Phi) is 17.3. The van der Waals surface area contributed by atoms with Gasteiger partial charge < -0.3 is 36.9 Å². The Morgan fingerprint density at radius 3 is 2.19 bits per heavy atom. The standard InChI is InChI=1S/C46H60N6O7/c1-28(2)21-31-8-11-35(29(3)22-31)40(54)27-34(14-16-48)46(57)52(5)44-33-10-13-43(59-20-18-50)37(26-33)36-24-32(9-12-42(36)58-19-17-49)25-38(39(53)7-6-15-47)51-45(56)30(4)23-41(44)55/h8-13,22,24,26,28,30,34,38,44H,6-7,14,16-21,23,25,27,48-50H2,1-5H3,(H,51,56)/t30-,34-,38+,44+/m1/s1.